The monoisotopic (exact) mass is 307 g/mol. The minimum Gasteiger partial charge on any atom is -0.326 e. The van der Waals surface area contributed by atoms with E-state index in [2.05, 4.69) is 16.0 Å². The normalized spacial score (nSPS) is 17.8. The predicted octanol–water partition coefficient (Wildman–Crippen LogP) is 2.27. The Bertz CT molecular complexity index is 496. The molecular weight excluding hydrogens is 286 g/mol. The Hall–Kier alpha value is -1.53. The Morgan fingerprint density at radius 1 is 1.24 bits per heavy atom. The lowest BCUT2D eigenvalue weighted by atomic mass is 10.1. The quantitative estimate of drug-likeness (QED) is 0.780. The molecule has 1 fully saturated rings. The second kappa shape index (κ2) is 7.47. The fourth-order valence-electron chi connectivity index (χ4n) is 2.01. The average Bonchev–Trinajstić information content (AvgIpc) is 2.94. The van der Waals surface area contributed by atoms with Crippen LogP contribution in [-0.2, 0) is 9.59 Å². The summed E-state index contributed by atoms with van der Waals surface area (Å²) in [6, 6.07) is 7.06. The number of rotatable bonds is 5. The van der Waals surface area contributed by atoms with E-state index in [0.29, 0.717) is 12.3 Å². The zero-order chi connectivity index (χ0) is 15.2. The minimum atomic E-state index is -0.125. The predicted molar refractivity (Wildman–Crippen MR) is 87.4 cm³/mol. The van der Waals surface area contributed by atoms with E-state index in [0.717, 1.165) is 23.0 Å². The Labute approximate surface area is 129 Å². The minimum absolute atomic E-state index is 0.00830. The molecule has 1 aromatic rings. The standard InChI is InChI=1S/C15H21N3O2S/c1-10(2)7-14(19)17-11-3-5-12(6-4-11)18-15(20)13-8-21-9-16-13/h3-6,10,13,16H,7-9H2,1-2H3,(H,17,19)(H,18,20). The highest BCUT2D eigenvalue weighted by Gasteiger charge is 2.22. The van der Waals surface area contributed by atoms with Crippen molar-refractivity contribution in [3.05, 3.63) is 24.3 Å². The molecule has 5 nitrogen and oxygen atoms in total. The van der Waals surface area contributed by atoms with Crippen LogP contribution in [0.5, 0.6) is 0 Å². The van der Waals surface area contributed by atoms with Crippen molar-refractivity contribution in [1.82, 2.24) is 5.32 Å². The summed E-state index contributed by atoms with van der Waals surface area (Å²) in [5, 5.41) is 8.84. The third-order valence-corrected chi connectivity index (χ3v) is 4.00. The van der Waals surface area contributed by atoms with Crippen LogP contribution in [0.25, 0.3) is 0 Å². The topological polar surface area (TPSA) is 70.2 Å². The average molecular weight is 307 g/mol. The molecule has 0 radical (unpaired) electrons. The maximum atomic E-state index is 11.9. The molecule has 1 saturated heterocycles. The summed E-state index contributed by atoms with van der Waals surface area (Å²) < 4.78 is 0. The molecule has 1 aromatic carbocycles. The van der Waals surface area contributed by atoms with E-state index in [4.69, 9.17) is 0 Å². The van der Waals surface area contributed by atoms with Crippen LogP contribution in [0.1, 0.15) is 20.3 Å². The molecule has 1 unspecified atom stereocenters. The highest BCUT2D eigenvalue weighted by atomic mass is 32.2. The van der Waals surface area contributed by atoms with E-state index in [1.807, 2.05) is 13.8 Å². The van der Waals surface area contributed by atoms with Gasteiger partial charge >= 0.3 is 0 Å². The Morgan fingerprint density at radius 2 is 1.86 bits per heavy atom. The summed E-state index contributed by atoms with van der Waals surface area (Å²) in [5.74, 6) is 1.94. The zero-order valence-corrected chi connectivity index (χ0v) is 13.1. The fraction of sp³-hybridized carbons (Fsp3) is 0.467. The number of nitrogens with one attached hydrogen (secondary N) is 3. The molecule has 3 N–H and O–H groups in total. The smallest absolute Gasteiger partial charge is 0.242 e. The number of amides is 2. The molecule has 1 heterocycles. The Balaban J connectivity index is 1.86. The molecular formula is C15H21N3O2S. The van der Waals surface area contributed by atoms with Crippen molar-refractivity contribution in [1.29, 1.82) is 0 Å². The van der Waals surface area contributed by atoms with Crippen LogP contribution in [0.15, 0.2) is 24.3 Å². The molecule has 1 aliphatic heterocycles. The summed E-state index contributed by atoms with van der Waals surface area (Å²) >= 11 is 1.72. The molecule has 0 bridgehead atoms. The molecule has 2 rings (SSSR count). The van der Waals surface area contributed by atoms with Gasteiger partial charge in [0.25, 0.3) is 0 Å². The Morgan fingerprint density at radius 3 is 2.38 bits per heavy atom. The summed E-state index contributed by atoms with van der Waals surface area (Å²) in [6.45, 7) is 4.01. The maximum Gasteiger partial charge on any atom is 0.242 e. The van der Waals surface area contributed by atoms with Crippen LogP contribution >= 0.6 is 11.8 Å². The highest BCUT2D eigenvalue weighted by molar-refractivity contribution is 7.99. The molecule has 0 spiro atoms. The van der Waals surface area contributed by atoms with Crippen LogP contribution < -0.4 is 16.0 Å². The van der Waals surface area contributed by atoms with Crippen LogP contribution in [0.3, 0.4) is 0 Å². The first-order valence-corrected chi connectivity index (χ1v) is 8.22. The second-order valence-electron chi connectivity index (χ2n) is 5.48. The van der Waals surface area contributed by atoms with Crippen molar-refractivity contribution in [2.45, 2.75) is 26.3 Å². The zero-order valence-electron chi connectivity index (χ0n) is 12.3. The third-order valence-electron chi connectivity index (χ3n) is 3.06. The second-order valence-corrected chi connectivity index (χ2v) is 6.51. The molecule has 1 atom stereocenters. The SMILES string of the molecule is CC(C)CC(=O)Nc1ccc(NC(=O)C2CSCN2)cc1. The Kier molecular flexibility index (Phi) is 5.64. The lowest BCUT2D eigenvalue weighted by molar-refractivity contribution is -0.118. The van der Waals surface area contributed by atoms with Gasteiger partial charge < -0.3 is 10.6 Å². The summed E-state index contributed by atoms with van der Waals surface area (Å²) in [7, 11) is 0. The van der Waals surface area contributed by atoms with E-state index in [9.17, 15) is 9.59 Å². The molecule has 114 valence electrons. The third kappa shape index (κ3) is 5.06. The van der Waals surface area contributed by atoms with Gasteiger partial charge in [-0.15, -0.1) is 11.8 Å². The largest absolute Gasteiger partial charge is 0.326 e. The highest BCUT2D eigenvalue weighted by Crippen LogP contribution is 2.16. The molecule has 6 heteroatoms. The molecule has 1 aliphatic rings. The van der Waals surface area contributed by atoms with Crippen molar-refractivity contribution in [3.63, 3.8) is 0 Å². The van der Waals surface area contributed by atoms with Gasteiger partial charge in [0.2, 0.25) is 11.8 Å². The number of carbonyl (C=O) groups is 2. The van der Waals surface area contributed by atoms with E-state index >= 15 is 0 Å². The van der Waals surface area contributed by atoms with Crippen molar-refractivity contribution < 1.29 is 9.59 Å². The van der Waals surface area contributed by atoms with Gasteiger partial charge in [0.05, 0.1) is 6.04 Å². The molecule has 0 aliphatic carbocycles. The number of anilines is 2. The van der Waals surface area contributed by atoms with Crippen molar-refractivity contribution in [2.24, 2.45) is 5.92 Å². The first kappa shape index (κ1) is 15.9. The first-order chi connectivity index (χ1) is 10.0. The fourth-order valence-corrected chi connectivity index (χ4v) is 2.95. The lowest BCUT2D eigenvalue weighted by Crippen LogP contribution is -2.37. The van der Waals surface area contributed by atoms with Gasteiger partial charge in [-0.3, -0.25) is 14.9 Å². The number of benzene rings is 1. The van der Waals surface area contributed by atoms with E-state index < -0.39 is 0 Å². The summed E-state index contributed by atoms with van der Waals surface area (Å²) in [5.41, 5.74) is 1.48. The molecule has 0 aromatic heterocycles. The van der Waals surface area contributed by atoms with Crippen LogP contribution in [0.4, 0.5) is 11.4 Å². The van der Waals surface area contributed by atoms with Gasteiger partial charge in [0.1, 0.15) is 0 Å². The van der Waals surface area contributed by atoms with Crippen molar-refractivity contribution >= 4 is 35.0 Å². The number of thioether (sulfide) groups is 1. The number of hydrogen-bond donors (Lipinski definition) is 3. The number of carbonyl (C=O) groups excluding carboxylic acids is 2. The van der Waals surface area contributed by atoms with Gasteiger partial charge in [-0.2, -0.15) is 0 Å². The van der Waals surface area contributed by atoms with Crippen molar-refractivity contribution in [3.8, 4) is 0 Å². The summed E-state index contributed by atoms with van der Waals surface area (Å²) in [6.07, 6.45) is 0.503. The van der Waals surface area contributed by atoms with E-state index in [-0.39, 0.29) is 17.9 Å². The maximum absolute atomic E-state index is 11.9. The molecule has 2 amide bonds. The lowest BCUT2D eigenvalue weighted by Gasteiger charge is -2.11. The van der Waals surface area contributed by atoms with E-state index in [1.54, 1.807) is 36.0 Å². The summed E-state index contributed by atoms with van der Waals surface area (Å²) in [4.78, 5) is 23.6. The molecule has 21 heavy (non-hydrogen) atoms. The van der Waals surface area contributed by atoms with Crippen molar-refractivity contribution in [2.75, 3.05) is 22.3 Å². The van der Waals surface area contributed by atoms with Crippen LogP contribution in [0, 0.1) is 5.92 Å². The van der Waals surface area contributed by atoms with Gasteiger partial charge in [0, 0.05) is 29.4 Å². The van der Waals surface area contributed by atoms with Crippen LogP contribution in [-0.4, -0.2) is 29.5 Å². The first-order valence-electron chi connectivity index (χ1n) is 7.06. The van der Waals surface area contributed by atoms with E-state index in [1.165, 1.54) is 0 Å². The number of hydrogen-bond acceptors (Lipinski definition) is 4. The van der Waals surface area contributed by atoms with Crippen LogP contribution in [0.2, 0.25) is 0 Å². The van der Waals surface area contributed by atoms with Gasteiger partial charge in [0.15, 0.2) is 0 Å². The molecule has 0 saturated carbocycles. The van der Waals surface area contributed by atoms with Gasteiger partial charge in [-0.1, -0.05) is 13.8 Å². The van der Waals surface area contributed by atoms with Gasteiger partial charge in [-0.05, 0) is 30.2 Å². The van der Waals surface area contributed by atoms with Gasteiger partial charge in [-0.25, -0.2) is 0 Å².